The number of unbranched alkanes of at least 4 members (excludes halogenated alkanes) is 19. The zero-order chi connectivity index (χ0) is 37.7. The van der Waals surface area contributed by atoms with Gasteiger partial charge < -0.3 is 35.0 Å². The van der Waals surface area contributed by atoms with Gasteiger partial charge in [0.05, 0.1) is 19.3 Å². The molecule has 1 aliphatic carbocycles. The van der Waals surface area contributed by atoms with Gasteiger partial charge in [0, 0.05) is 6.54 Å². The lowest BCUT2D eigenvalue weighted by Gasteiger charge is -2.39. The molecule has 10 N–H and O–H groups in total. The van der Waals surface area contributed by atoms with Gasteiger partial charge in [0.15, 0.2) is 6.29 Å². The van der Waals surface area contributed by atoms with Crippen molar-refractivity contribution in [3.63, 3.8) is 0 Å². The third-order valence-electron chi connectivity index (χ3n) is 10.6. The molecule has 8 atom stereocenters. The first-order valence-electron chi connectivity index (χ1n) is 20.8. The minimum absolute atomic E-state index is 0.169. The average molecular weight is 733 g/mol. The van der Waals surface area contributed by atoms with E-state index in [1.807, 2.05) is 5.43 Å². The van der Waals surface area contributed by atoms with Crippen LogP contribution in [-0.2, 0) is 9.47 Å². The Kier molecular flexibility index (Phi) is 29.4. The Morgan fingerprint density at radius 3 is 1.76 bits per heavy atom. The number of nitrogens with two attached hydrogens (primary N) is 2. The van der Waals surface area contributed by atoms with Crippen LogP contribution in [0.3, 0.4) is 0 Å². The Balaban J connectivity index is 0.000000560. The number of nitrogens with zero attached hydrogens (tertiary/aromatic N) is 1. The number of hydrogen-bond acceptors (Lipinski definition) is 10. The van der Waals surface area contributed by atoms with Crippen molar-refractivity contribution in [2.45, 2.75) is 211 Å². The topological polar surface area (TPSA) is 204 Å². The zero-order valence-corrected chi connectivity index (χ0v) is 32.5. The molecule has 304 valence electrons. The lowest BCUT2D eigenvalue weighted by molar-refractivity contribution is -0.301. The van der Waals surface area contributed by atoms with Crippen LogP contribution in [0.25, 0.3) is 0 Å². The predicted molar refractivity (Wildman–Crippen MR) is 203 cm³/mol. The number of hydrogen-bond donors (Lipinski definition) is 8. The van der Waals surface area contributed by atoms with E-state index in [9.17, 15) is 30.3 Å². The number of urea groups is 1. The third kappa shape index (κ3) is 24.0. The summed E-state index contributed by atoms with van der Waals surface area (Å²) >= 11 is 0. The highest BCUT2D eigenvalue weighted by Crippen LogP contribution is 2.41. The van der Waals surface area contributed by atoms with E-state index in [-0.39, 0.29) is 6.61 Å². The van der Waals surface area contributed by atoms with Crippen molar-refractivity contribution in [2.24, 2.45) is 23.5 Å². The number of aliphatic hydroxyl groups is 5. The van der Waals surface area contributed by atoms with Crippen LogP contribution >= 0.6 is 0 Å². The number of amides is 2. The van der Waals surface area contributed by atoms with E-state index in [1.54, 1.807) is 0 Å². The minimum Gasteiger partial charge on any atom is -0.394 e. The fraction of sp³-hybridized carbons (Fsp3) is 0.974. The summed E-state index contributed by atoms with van der Waals surface area (Å²) in [7, 11) is 0. The molecule has 0 bridgehead atoms. The molecule has 1 saturated carbocycles. The molecule has 0 aromatic carbocycles. The van der Waals surface area contributed by atoms with Crippen LogP contribution in [0.1, 0.15) is 174 Å². The first kappa shape index (κ1) is 47.9. The quantitative estimate of drug-likeness (QED) is 0.0189. The van der Waals surface area contributed by atoms with Crippen molar-refractivity contribution in [3.05, 3.63) is 0 Å². The Morgan fingerprint density at radius 2 is 1.27 bits per heavy atom. The maximum Gasteiger partial charge on any atom is 0.345 e. The fourth-order valence-electron chi connectivity index (χ4n) is 6.80. The molecule has 12 heteroatoms. The first-order valence-corrected chi connectivity index (χ1v) is 20.8. The summed E-state index contributed by atoms with van der Waals surface area (Å²) in [5, 5.41) is 49.8. The molecule has 8 unspecified atom stereocenters. The maximum absolute atomic E-state index is 11.0. The summed E-state index contributed by atoms with van der Waals surface area (Å²) in [4.78, 5) is 11.0. The van der Waals surface area contributed by atoms with Crippen molar-refractivity contribution >= 4 is 6.03 Å². The number of hydrazine groups is 2. The normalized spacial score (nSPS) is 24.8. The molecule has 2 amide bonds. The van der Waals surface area contributed by atoms with E-state index >= 15 is 0 Å². The second-order valence-electron chi connectivity index (χ2n) is 15.3. The van der Waals surface area contributed by atoms with Crippen LogP contribution in [0, 0.1) is 11.8 Å². The summed E-state index contributed by atoms with van der Waals surface area (Å²) in [6.07, 6.45) is 24.3. The number of rotatable bonds is 30. The monoisotopic (exact) mass is 733 g/mol. The van der Waals surface area contributed by atoms with E-state index in [4.69, 9.17) is 21.2 Å². The lowest BCUT2D eigenvalue weighted by Crippen LogP contribution is -2.59. The second kappa shape index (κ2) is 31.3. The molecule has 51 heavy (non-hydrogen) atoms. The van der Waals surface area contributed by atoms with E-state index in [0.29, 0.717) is 13.0 Å². The molecule has 1 heterocycles. The van der Waals surface area contributed by atoms with Crippen LogP contribution in [0.2, 0.25) is 0 Å². The van der Waals surface area contributed by atoms with Gasteiger partial charge in [0.25, 0.3) is 0 Å². The largest absolute Gasteiger partial charge is 0.394 e. The number of carbonyl (C=O) groups is 1. The number of aliphatic hydroxyl groups excluding tert-OH is 5. The van der Waals surface area contributed by atoms with Gasteiger partial charge in [0.1, 0.15) is 24.4 Å². The zero-order valence-electron chi connectivity index (χ0n) is 32.5. The third-order valence-corrected chi connectivity index (χ3v) is 10.6. The lowest BCUT2D eigenvalue weighted by atomic mass is 9.99. The molecule has 0 spiro atoms. The van der Waals surface area contributed by atoms with E-state index in [2.05, 4.69) is 13.8 Å². The Hall–Kier alpha value is -1.09. The Labute approximate surface area is 310 Å². The Morgan fingerprint density at radius 1 is 0.784 bits per heavy atom. The molecule has 0 aromatic rings. The van der Waals surface area contributed by atoms with Crippen molar-refractivity contribution in [1.29, 1.82) is 0 Å². The average Bonchev–Trinajstić information content (AvgIpc) is 3.84. The van der Waals surface area contributed by atoms with Gasteiger partial charge in [-0.15, -0.1) is 0 Å². The number of nitrogens with one attached hydrogen (secondary N) is 1. The molecule has 0 aromatic heterocycles. The summed E-state index contributed by atoms with van der Waals surface area (Å²) in [5.74, 6) is 12.6. The molecule has 2 aliphatic rings. The molecule has 2 fully saturated rings. The maximum atomic E-state index is 11.0. The summed E-state index contributed by atoms with van der Waals surface area (Å²) in [5.41, 5.74) is 2.02. The molecule has 0 radical (unpaired) electrons. The van der Waals surface area contributed by atoms with Gasteiger partial charge in [-0.05, 0) is 37.5 Å². The van der Waals surface area contributed by atoms with Crippen molar-refractivity contribution in [1.82, 2.24) is 10.4 Å². The fourth-order valence-corrected chi connectivity index (χ4v) is 6.80. The van der Waals surface area contributed by atoms with Crippen LogP contribution in [0.5, 0.6) is 0 Å². The van der Waals surface area contributed by atoms with Gasteiger partial charge in [-0.3, -0.25) is 10.4 Å². The highest BCUT2D eigenvalue weighted by molar-refractivity contribution is 5.72. The van der Waals surface area contributed by atoms with E-state index in [1.165, 1.54) is 122 Å². The molecular weight excluding hydrogens is 652 g/mol. The highest BCUT2D eigenvalue weighted by atomic mass is 16.7. The molecule has 12 nitrogen and oxygen atoms in total. The first-order chi connectivity index (χ1) is 24.7. The van der Waals surface area contributed by atoms with Crippen LogP contribution in [0.4, 0.5) is 4.79 Å². The van der Waals surface area contributed by atoms with Gasteiger partial charge >= 0.3 is 6.03 Å². The van der Waals surface area contributed by atoms with Crippen LogP contribution in [-0.4, -0.2) is 93.1 Å². The van der Waals surface area contributed by atoms with Gasteiger partial charge in [-0.2, -0.15) is 0 Å². The summed E-state index contributed by atoms with van der Waals surface area (Å²) in [6, 6.07) is -0.421. The van der Waals surface area contributed by atoms with Gasteiger partial charge in [0.2, 0.25) is 0 Å². The highest BCUT2D eigenvalue weighted by Gasteiger charge is 2.44. The van der Waals surface area contributed by atoms with E-state index in [0.717, 1.165) is 48.9 Å². The van der Waals surface area contributed by atoms with Gasteiger partial charge in [-0.1, -0.05) is 149 Å². The van der Waals surface area contributed by atoms with Crippen molar-refractivity contribution in [2.75, 3.05) is 19.8 Å². The molecule has 1 aliphatic heterocycles. The van der Waals surface area contributed by atoms with Crippen molar-refractivity contribution in [3.8, 4) is 0 Å². The van der Waals surface area contributed by atoms with E-state index < -0.39 is 49.4 Å². The number of carbonyl (C=O) groups excluding carboxylic acids is 1. The predicted octanol–water partition coefficient (Wildman–Crippen LogP) is 5.95. The number of ether oxygens (including phenoxy) is 2. The second-order valence-corrected chi connectivity index (χ2v) is 15.3. The van der Waals surface area contributed by atoms with Crippen LogP contribution < -0.4 is 17.1 Å². The SMILES string of the molecule is CC1CC1CCCCCCCCCCN(N)C(=O)NN.CCCCCCCCCCCCCCCC(O)CCOC1OC(CO)C(O)C(O)C1O. The Bertz CT molecular complexity index is 813. The minimum atomic E-state index is -1.44. The summed E-state index contributed by atoms with van der Waals surface area (Å²) < 4.78 is 10.7. The smallest absolute Gasteiger partial charge is 0.345 e. The molecular formula is C39H80N4O8. The van der Waals surface area contributed by atoms with Crippen LogP contribution in [0.15, 0.2) is 0 Å². The molecule has 2 rings (SSSR count). The van der Waals surface area contributed by atoms with Gasteiger partial charge in [-0.25, -0.2) is 16.5 Å². The summed E-state index contributed by atoms with van der Waals surface area (Å²) in [6.45, 7) is 4.88. The standard InChI is InChI=1S/C24H48O7.C15H32N4O/c1-2-3-4-5-6-7-8-9-10-11-12-13-14-15-19(26)16-17-30-24-23(29)22(28)21(27)20(18-25)31-24;1-13-12-14(13)10-8-6-4-2-3-5-7-9-11-19(17)15(20)18-16/h19-29H,2-18H2,1H3;13-14H,2-12,16-17H2,1H3,(H,18,20). The molecule has 1 saturated heterocycles. The van der Waals surface area contributed by atoms with Crippen molar-refractivity contribution < 1.29 is 39.8 Å².